The van der Waals surface area contributed by atoms with Crippen molar-refractivity contribution >= 4 is 44.7 Å². The Morgan fingerprint density at radius 2 is 1.70 bits per heavy atom. The van der Waals surface area contributed by atoms with Crippen LogP contribution in [0, 0.1) is 11.6 Å². The predicted octanol–water partition coefficient (Wildman–Crippen LogP) is 4.00. The maximum absolute atomic E-state index is 14.8. The molecule has 1 fully saturated rings. The highest BCUT2D eigenvalue weighted by Gasteiger charge is 2.32. The fourth-order valence-electron chi connectivity index (χ4n) is 3.98. The van der Waals surface area contributed by atoms with Gasteiger partial charge in [0.15, 0.2) is 15.7 Å². The maximum Gasteiger partial charge on any atom is 0.245 e. The smallest absolute Gasteiger partial charge is 0.245 e. The van der Waals surface area contributed by atoms with Gasteiger partial charge in [0.1, 0.15) is 17.7 Å². The second-order valence-corrected chi connectivity index (χ2v) is 10.9. The van der Waals surface area contributed by atoms with Crippen LogP contribution >= 0.6 is 23.2 Å². The molecule has 0 bridgehead atoms. The molecule has 33 heavy (non-hydrogen) atoms. The number of hydrogen-bond acceptors (Lipinski definition) is 6. The van der Waals surface area contributed by atoms with Gasteiger partial charge in [-0.2, -0.15) is 4.98 Å². The second-order valence-electron chi connectivity index (χ2n) is 7.83. The Morgan fingerprint density at radius 3 is 2.36 bits per heavy atom. The molecule has 3 aromatic rings. The molecular weight excluding hydrogens is 495 g/mol. The van der Waals surface area contributed by atoms with Gasteiger partial charge in [-0.25, -0.2) is 21.9 Å². The zero-order chi connectivity index (χ0) is 23.5. The van der Waals surface area contributed by atoms with E-state index in [-0.39, 0.29) is 51.5 Å². The maximum atomic E-state index is 14.8. The van der Waals surface area contributed by atoms with Crippen LogP contribution in [-0.4, -0.2) is 53.5 Å². The second kappa shape index (κ2) is 8.03. The molecule has 2 aliphatic heterocycles. The van der Waals surface area contributed by atoms with E-state index in [0.29, 0.717) is 17.5 Å². The van der Waals surface area contributed by atoms with E-state index in [1.165, 1.54) is 10.7 Å². The van der Waals surface area contributed by atoms with Crippen LogP contribution < -0.4 is 4.90 Å². The Bertz CT molecular complexity index is 1390. The lowest BCUT2D eigenvalue weighted by molar-refractivity contribution is 0.578. The van der Waals surface area contributed by atoms with Crippen molar-refractivity contribution in [3.63, 3.8) is 0 Å². The lowest BCUT2D eigenvalue weighted by atomic mass is 9.99. The summed E-state index contributed by atoms with van der Waals surface area (Å²) in [5, 5.41) is 4.86. The molecular formula is C21H17Cl2F2N5O2S. The van der Waals surface area contributed by atoms with Crippen molar-refractivity contribution in [2.24, 2.45) is 4.99 Å². The van der Waals surface area contributed by atoms with E-state index in [9.17, 15) is 17.2 Å². The van der Waals surface area contributed by atoms with Gasteiger partial charge in [0, 0.05) is 18.7 Å². The van der Waals surface area contributed by atoms with Gasteiger partial charge in [0.05, 0.1) is 38.5 Å². The number of anilines is 1. The van der Waals surface area contributed by atoms with Gasteiger partial charge in [0.25, 0.3) is 0 Å². The molecule has 0 amide bonds. The molecule has 0 spiro atoms. The molecule has 0 aliphatic carbocycles. The Morgan fingerprint density at radius 1 is 1.03 bits per heavy atom. The summed E-state index contributed by atoms with van der Waals surface area (Å²) in [6.45, 7) is 2.26. The quantitative estimate of drug-likeness (QED) is 0.519. The van der Waals surface area contributed by atoms with Crippen LogP contribution in [0.25, 0.3) is 5.69 Å². The van der Waals surface area contributed by atoms with Crippen molar-refractivity contribution in [2.75, 3.05) is 29.5 Å². The molecule has 1 aromatic heterocycles. The van der Waals surface area contributed by atoms with Crippen LogP contribution in [0.4, 0.5) is 14.7 Å². The van der Waals surface area contributed by atoms with Gasteiger partial charge in [-0.3, -0.25) is 4.99 Å². The average Bonchev–Trinajstić information content (AvgIpc) is 3.16. The van der Waals surface area contributed by atoms with Crippen LogP contribution in [0.1, 0.15) is 29.9 Å². The highest BCUT2D eigenvalue weighted by atomic mass is 35.5. The highest BCUT2D eigenvalue weighted by molar-refractivity contribution is 7.91. The van der Waals surface area contributed by atoms with Gasteiger partial charge < -0.3 is 4.90 Å². The Kier molecular flexibility index (Phi) is 5.42. The number of aromatic nitrogens is 3. The molecule has 0 radical (unpaired) electrons. The van der Waals surface area contributed by atoms with E-state index in [0.717, 1.165) is 12.1 Å². The van der Waals surface area contributed by atoms with Crippen molar-refractivity contribution in [2.45, 2.75) is 13.0 Å². The molecule has 0 unspecified atom stereocenters. The summed E-state index contributed by atoms with van der Waals surface area (Å²) >= 11 is 12.8. The molecule has 1 saturated heterocycles. The first-order chi connectivity index (χ1) is 15.7. The summed E-state index contributed by atoms with van der Waals surface area (Å²) in [5.41, 5.74) is 0.338. The molecule has 7 nitrogen and oxygen atoms in total. The van der Waals surface area contributed by atoms with Crippen molar-refractivity contribution in [1.82, 2.24) is 14.8 Å². The van der Waals surface area contributed by atoms with E-state index in [1.807, 2.05) is 0 Å². The summed E-state index contributed by atoms with van der Waals surface area (Å²) in [5.74, 6) is -0.779. The zero-order valence-electron chi connectivity index (χ0n) is 17.3. The van der Waals surface area contributed by atoms with Gasteiger partial charge in [-0.05, 0) is 31.2 Å². The molecule has 1 atom stereocenters. The summed E-state index contributed by atoms with van der Waals surface area (Å²) in [4.78, 5) is 11.0. The molecule has 0 N–H and O–H groups in total. The third-order valence-corrected chi connectivity index (χ3v) is 8.10. The Balaban J connectivity index is 1.71. The van der Waals surface area contributed by atoms with E-state index in [1.54, 1.807) is 24.0 Å². The number of halogens is 4. The van der Waals surface area contributed by atoms with E-state index >= 15 is 0 Å². The standard InChI is InChI=1S/C21H17Cl2F2N5O2S/c1-11-20-27-21(29-7-9-33(31,32)10-8-29)28-30(20)15-6-5-12(22)18(23)17(15)19(26-11)16-13(24)3-2-4-14(16)25/h2-6,11H,7-10H2,1H3/t11-/m0/s1. The number of hydrogen-bond donors (Lipinski definition) is 0. The number of aliphatic imine (C=N–C) groups is 1. The topological polar surface area (TPSA) is 80.5 Å². The molecule has 172 valence electrons. The molecule has 2 aliphatic rings. The largest absolute Gasteiger partial charge is 0.337 e. The van der Waals surface area contributed by atoms with Crippen LogP contribution in [0.5, 0.6) is 0 Å². The first kappa shape index (κ1) is 22.2. The van der Waals surface area contributed by atoms with Gasteiger partial charge in [-0.1, -0.05) is 29.3 Å². The number of fused-ring (bicyclic) bond motifs is 3. The summed E-state index contributed by atoms with van der Waals surface area (Å²) in [6, 6.07) is 6.12. The van der Waals surface area contributed by atoms with Crippen LogP contribution in [0.2, 0.25) is 10.0 Å². The van der Waals surface area contributed by atoms with Crippen LogP contribution in [0.3, 0.4) is 0 Å². The summed E-state index contributed by atoms with van der Waals surface area (Å²) in [6.07, 6.45) is 0. The minimum atomic E-state index is -3.08. The predicted molar refractivity (Wildman–Crippen MR) is 123 cm³/mol. The summed E-state index contributed by atoms with van der Waals surface area (Å²) < 4.78 is 54.6. The fraction of sp³-hybridized carbons (Fsp3) is 0.286. The van der Waals surface area contributed by atoms with E-state index in [2.05, 4.69) is 15.1 Å². The van der Waals surface area contributed by atoms with Crippen molar-refractivity contribution < 1.29 is 17.2 Å². The number of nitrogens with zero attached hydrogens (tertiary/aromatic N) is 5. The number of sulfone groups is 1. The lowest BCUT2D eigenvalue weighted by Crippen LogP contribution is -2.40. The number of benzene rings is 2. The normalized spacial score (nSPS) is 19.5. The third-order valence-electron chi connectivity index (χ3n) is 5.68. The monoisotopic (exact) mass is 511 g/mol. The molecule has 2 aromatic carbocycles. The third kappa shape index (κ3) is 3.79. The SMILES string of the molecule is C[C@@H]1N=C(c2c(F)cccc2F)c2c(ccc(Cl)c2Cl)-n2nc(N3CCS(=O)(=O)CC3)nc21. The highest BCUT2D eigenvalue weighted by Crippen LogP contribution is 2.38. The Hall–Kier alpha value is -2.56. The first-order valence-electron chi connectivity index (χ1n) is 10.1. The van der Waals surface area contributed by atoms with Crippen molar-refractivity contribution in [3.8, 4) is 5.69 Å². The van der Waals surface area contributed by atoms with Gasteiger partial charge in [-0.15, -0.1) is 5.10 Å². The summed E-state index contributed by atoms with van der Waals surface area (Å²) in [7, 11) is -3.08. The van der Waals surface area contributed by atoms with Gasteiger partial charge in [0.2, 0.25) is 5.95 Å². The molecule has 12 heteroatoms. The average molecular weight is 512 g/mol. The zero-order valence-corrected chi connectivity index (χ0v) is 19.6. The Labute approximate surface area is 198 Å². The van der Waals surface area contributed by atoms with Crippen LogP contribution in [-0.2, 0) is 9.84 Å². The first-order valence-corrected chi connectivity index (χ1v) is 12.7. The number of rotatable bonds is 2. The minimum absolute atomic E-state index is 0.0125. The van der Waals surface area contributed by atoms with Crippen molar-refractivity contribution in [1.29, 1.82) is 0 Å². The van der Waals surface area contributed by atoms with Gasteiger partial charge >= 0.3 is 0 Å². The van der Waals surface area contributed by atoms with E-state index < -0.39 is 27.5 Å². The van der Waals surface area contributed by atoms with Crippen molar-refractivity contribution in [3.05, 3.63) is 69.0 Å². The molecule has 3 heterocycles. The van der Waals surface area contributed by atoms with E-state index in [4.69, 9.17) is 23.2 Å². The fourth-order valence-corrected chi connectivity index (χ4v) is 5.59. The molecule has 5 rings (SSSR count). The molecule has 0 saturated carbocycles. The lowest BCUT2D eigenvalue weighted by Gasteiger charge is -2.25. The van der Waals surface area contributed by atoms with Crippen LogP contribution in [0.15, 0.2) is 35.3 Å². The minimum Gasteiger partial charge on any atom is -0.337 e.